The maximum absolute atomic E-state index is 11.8. The Balaban J connectivity index is 2.58. The van der Waals surface area contributed by atoms with Crippen LogP contribution in [0.15, 0.2) is 18.2 Å². The van der Waals surface area contributed by atoms with Crippen LogP contribution in [0.1, 0.15) is 32.8 Å². The quantitative estimate of drug-likeness (QED) is 0.627. The average Bonchev–Trinajstić information content (AvgIpc) is 2.19. The number of rotatable bonds is 4. The first-order valence-electron chi connectivity index (χ1n) is 5.85. The van der Waals surface area contributed by atoms with Crippen molar-refractivity contribution in [3.05, 3.63) is 33.8 Å². The van der Waals surface area contributed by atoms with E-state index in [1.54, 1.807) is 39.0 Å². The van der Waals surface area contributed by atoms with Gasteiger partial charge in [-0.15, -0.1) is 0 Å². The van der Waals surface area contributed by atoms with Crippen molar-refractivity contribution in [1.82, 2.24) is 0 Å². The third-order valence-corrected chi connectivity index (χ3v) is 2.75. The van der Waals surface area contributed by atoms with Gasteiger partial charge in [-0.3, -0.25) is 9.59 Å². The first-order chi connectivity index (χ1) is 8.67. The number of ether oxygens (including phenoxy) is 1. The average molecular weight is 303 g/mol. The number of hydrogen-bond donors (Lipinski definition) is 0. The Hall–Kier alpha value is -1.06. The zero-order valence-corrected chi connectivity index (χ0v) is 12.6. The lowest BCUT2D eigenvalue weighted by molar-refractivity contribution is -0.156. The van der Waals surface area contributed by atoms with Crippen molar-refractivity contribution in [2.45, 2.75) is 39.2 Å². The molecule has 0 unspecified atom stereocenters. The molecule has 1 aromatic rings. The second-order valence-corrected chi connectivity index (χ2v) is 6.06. The molecule has 0 saturated carbocycles. The molecule has 104 valence electrons. The van der Waals surface area contributed by atoms with Crippen LogP contribution < -0.4 is 0 Å². The van der Waals surface area contributed by atoms with Crippen LogP contribution >= 0.6 is 23.2 Å². The molecule has 0 N–H and O–H groups in total. The predicted molar refractivity (Wildman–Crippen MR) is 75.6 cm³/mol. The van der Waals surface area contributed by atoms with E-state index in [1.807, 2.05) is 0 Å². The summed E-state index contributed by atoms with van der Waals surface area (Å²) in [6.45, 7) is 5.27. The third-order valence-electron chi connectivity index (χ3n) is 2.16. The second-order valence-electron chi connectivity index (χ2n) is 5.21. The van der Waals surface area contributed by atoms with Crippen molar-refractivity contribution in [3.63, 3.8) is 0 Å². The zero-order chi connectivity index (χ0) is 14.6. The van der Waals surface area contributed by atoms with Crippen LogP contribution in [0.4, 0.5) is 0 Å². The van der Waals surface area contributed by atoms with Crippen LogP contribution in [0.5, 0.6) is 0 Å². The standard InChI is InChI=1S/C14H16Cl2O3/c1-14(2,3)19-13(18)8-11(17)6-9-4-5-10(15)7-12(9)16/h4-5,7H,6,8H2,1-3H3. The smallest absolute Gasteiger partial charge is 0.313 e. The molecule has 19 heavy (non-hydrogen) atoms. The van der Waals surface area contributed by atoms with Gasteiger partial charge in [0.2, 0.25) is 0 Å². The molecular formula is C14H16Cl2O3. The molecule has 0 heterocycles. The van der Waals surface area contributed by atoms with Gasteiger partial charge in [-0.05, 0) is 38.5 Å². The van der Waals surface area contributed by atoms with Crippen molar-refractivity contribution >= 4 is 35.0 Å². The Morgan fingerprint density at radius 3 is 2.37 bits per heavy atom. The van der Waals surface area contributed by atoms with Gasteiger partial charge in [-0.25, -0.2) is 0 Å². The first kappa shape index (κ1) is 16.0. The summed E-state index contributed by atoms with van der Waals surface area (Å²) in [5.74, 6) is -0.763. The van der Waals surface area contributed by atoms with Crippen LogP contribution in [0, 0.1) is 0 Å². The van der Waals surface area contributed by atoms with E-state index in [4.69, 9.17) is 27.9 Å². The number of carbonyl (C=O) groups excluding carboxylic acids is 2. The maximum Gasteiger partial charge on any atom is 0.313 e. The number of carbonyl (C=O) groups is 2. The van der Waals surface area contributed by atoms with Gasteiger partial charge in [0.15, 0.2) is 0 Å². The van der Waals surface area contributed by atoms with Gasteiger partial charge in [0, 0.05) is 16.5 Å². The number of esters is 1. The van der Waals surface area contributed by atoms with E-state index in [9.17, 15) is 9.59 Å². The maximum atomic E-state index is 11.8. The zero-order valence-electron chi connectivity index (χ0n) is 11.1. The Kier molecular flexibility index (Phi) is 5.39. The summed E-state index contributed by atoms with van der Waals surface area (Å²) < 4.78 is 5.08. The number of halogens is 2. The molecule has 0 radical (unpaired) electrons. The molecular weight excluding hydrogens is 287 g/mol. The highest BCUT2D eigenvalue weighted by Crippen LogP contribution is 2.22. The SMILES string of the molecule is CC(C)(C)OC(=O)CC(=O)Cc1ccc(Cl)cc1Cl. The van der Waals surface area contributed by atoms with E-state index >= 15 is 0 Å². The minimum Gasteiger partial charge on any atom is -0.460 e. The van der Waals surface area contributed by atoms with Crippen LogP contribution in [-0.2, 0) is 20.7 Å². The van der Waals surface area contributed by atoms with Gasteiger partial charge in [0.05, 0.1) is 0 Å². The molecule has 0 saturated heterocycles. The molecule has 0 amide bonds. The van der Waals surface area contributed by atoms with Gasteiger partial charge in [-0.2, -0.15) is 0 Å². The minimum absolute atomic E-state index is 0.0925. The molecule has 0 aliphatic rings. The molecule has 5 heteroatoms. The lowest BCUT2D eigenvalue weighted by Crippen LogP contribution is -2.25. The Morgan fingerprint density at radius 2 is 1.84 bits per heavy atom. The molecule has 0 atom stereocenters. The van der Waals surface area contributed by atoms with Crippen molar-refractivity contribution < 1.29 is 14.3 Å². The van der Waals surface area contributed by atoms with Gasteiger partial charge >= 0.3 is 5.97 Å². The number of benzene rings is 1. The molecule has 0 aliphatic heterocycles. The van der Waals surface area contributed by atoms with Crippen molar-refractivity contribution in [1.29, 1.82) is 0 Å². The van der Waals surface area contributed by atoms with Crippen LogP contribution in [-0.4, -0.2) is 17.4 Å². The summed E-state index contributed by atoms with van der Waals surface area (Å²) in [6, 6.07) is 4.90. The van der Waals surface area contributed by atoms with Crippen molar-refractivity contribution in [3.8, 4) is 0 Å². The van der Waals surface area contributed by atoms with Gasteiger partial charge < -0.3 is 4.74 Å². The Bertz CT molecular complexity index is 490. The van der Waals surface area contributed by atoms with Gasteiger partial charge in [0.25, 0.3) is 0 Å². The summed E-state index contributed by atoms with van der Waals surface area (Å²) in [5.41, 5.74) is 0.0644. The molecule has 1 aromatic carbocycles. The molecule has 1 rings (SSSR count). The number of hydrogen-bond acceptors (Lipinski definition) is 3. The topological polar surface area (TPSA) is 43.4 Å². The molecule has 0 aliphatic carbocycles. The Morgan fingerprint density at radius 1 is 1.21 bits per heavy atom. The minimum atomic E-state index is -0.588. The largest absolute Gasteiger partial charge is 0.460 e. The summed E-state index contributed by atoms with van der Waals surface area (Å²) in [4.78, 5) is 23.3. The van der Waals surface area contributed by atoms with Crippen molar-refractivity contribution in [2.24, 2.45) is 0 Å². The van der Waals surface area contributed by atoms with E-state index in [1.165, 1.54) is 0 Å². The summed E-state index contributed by atoms with van der Waals surface area (Å²) in [6.07, 6.45) is -0.161. The fourth-order valence-electron chi connectivity index (χ4n) is 1.48. The van der Waals surface area contributed by atoms with Crippen LogP contribution in [0.2, 0.25) is 10.0 Å². The van der Waals surface area contributed by atoms with E-state index in [0.29, 0.717) is 15.6 Å². The molecule has 0 spiro atoms. The molecule has 0 fully saturated rings. The highest BCUT2D eigenvalue weighted by atomic mass is 35.5. The highest BCUT2D eigenvalue weighted by Gasteiger charge is 2.19. The third kappa shape index (κ3) is 6.08. The Labute approximate surface area is 122 Å². The highest BCUT2D eigenvalue weighted by molar-refractivity contribution is 6.35. The summed E-state index contributed by atoms with van der Waals surface area (Å²) >= 11 is 11.7. The summed E-state index contributed by atoms with van der Waals surface area (Å²) in [7, 11) is 0. The van der Waals surface area contributed by atoms with E-state index in [-0.39, 0.29) is 18.6 Å². The molecule has 0 aromatic heterocycles. The normalized spacial score (nSPS) is 11.2. The van der Waals surface area contributed by atoms with Crippen molar-refractivity contribution in [2.75, 3.05) is 0 Å². The number of Topliss-reactive ketones (excluding diaryl/α,β-unsaturated/α-hetero) is 1. The molecule has 3 nitrogen and oxygen atoms in total. The van der Waals surface area contributed by atoms with E-state index in [2.05, 4.69) is 0 Å². The lowest BCUT2D eigenvalue weighted by Gasteiger charge is -2.19. The predicted octanol–water partition coefficient (Wildman–Crippen LogP) is 3.84. The van der Waals surface area contributed by atoms with E-state index in [0.717, 1.165) is 0 Å². The lowest BCUT2D eigenvalue weighted by atomic mass is 10.1. The van der Waals surface area contributed by atoms with Gasteiger partial charge in [0.1, 0.15) is 17.8 Å². The number of ketones is 1. The molecule has 0 bridgehead atoms. The monoisotopic (exact) mass is 302 g/mol. The van der Waals surface area contributed by atoms with Crippen LogP contribution in [0.25, 0.3) is 0 Å². The first-order valence-corrected chi connectivity index (χ1v) is 6.60. The van der Waals surface area contributed by atoms with E-state index < -0.39 is 11.6 Å². The van der Waals surface area contributed by atoms with Gasteiger partial charge in [-0.1, -0.05) is 29.3 Å². The van der Waals surface area contributed by atoms with Crippen LogP contribution in [0.3, 0.4) is 0 Å². The second kappa shape index (κ2) is 6.40. The fraction of sp³-hybridized carbons (Fsp3) is 0.429. The summed E-state index contributed by atoms with van der Waals surface area (Å²) in [5, 5.41) is 0.929. The fourth-order valence-corrected chi connectivity index (χ4v) is 1.95.